The maximum absolute atomic E-state index is 12.2. The third kappa shape index (κ3) is 5.04. The molecular weight excluding hydrogens is 393 g/mol. The maximum atomic E-state index is 12.2. The molecule has 1 aliphatic rings. The van der Waals surface area contributed by atoms with Crippen LogP contribution in [0, 0.1) is 0 Å². The van der Waals surface area contributed by atoms with Gasteiger partial charge < -0.3 is 10.2 Å². The molecule has 0 aromatic heterocycles. The molecule has 2 aromatic rings. The molecule has 1 heterocycles. The van der Waals surface area contributed by atoms with Crippen molar-refractivity contribution in [3.63, 3.8) is 0 Å². The number of anilines is 2. The fourth-order valence-electron chi connectivity index (χ4n) is 2.98. The molecule has 0 unspecified atom stereocenters. The Balaban J connectivity index is 1.44. The summed E-state index contributed by atoms with van der Waals surface area (Å²) in [6.07, 6.45) is 0.420. The second kappa shape index (κ2) is 8.96. The number of para-hydroxylation sites is 1. The van der Waals surface area contributed by atoms with Crippen molar-refractivity contribution in [2.45, 2.75) is 6.42 Å². The third-order valence-corrected chi connectivity index (χ3v) is 5.61. The molecule has 4 nitrogen and oxygen atoms in total. The molecule has 2 aromatic carbocycles. The predicted octanol–water partition coefficient (Wildman–Crippen LogP) is 4.80. The van der Waals surface area contributed by atoms with E-state index in [9.17, 15) is 4.79 Å². The zero-order valence-electron chi connectivity index (χ0n) is 14.2. The second-order valence-corrected chi connectivity index (χ2v) is 7.41. The molecule has 0 saturated carbocycles. The van der Waals surface area contributed by atoms with Crippen LogP contribution in [0.2, 0.25) is 15.1 Å². The minimum Gasteiger partial charge on any atom is -0.369 e. The van der Waals surface area contributed by atoms with Gasteiger partial charge in [-0.3, -0.25) is 9.69 Å². The van der Waals surface area contributed by atoms with E-state index in [1.165, 1.54) is 5.69 Å². The highest BCUT2D eigenvalue weighted by Gasteiger charge is 2.18. The Hall–Kier alpha value is -1.46. The summed E-state index contributed by atoms with van der Waals surface area (Å²) in [5, 5.41) is 3.77. The second-order valence-electron chi connectivity index (χ2n) is 6.22. The monoisotopic (exact) mass is 411 g/mol. The number of nitrogens with one attached hydrogen (secondary N) is 1. The van der Waals surface area contributed by atoms with Gasteiger partial charge in [0.2, 0.25) is 5.91 Å². The normalized spacial score (nSPS) is 15.1. The molecule has 7 heteroatoms. The van der Waals surface area contributed by atoms with Gasteiger partial charge in [0.15, 0.2) is 0 Å². The molecule has 1 N–H and O–H groups in total. The quantitative estimate of drug-likeness (QED) is 0.717. The first kappa shape index (κ1) is 19.3. The van der Waals surface area contributed by atoms with E-state index in [1.807, 2.05) is 6.07 Å². The number of piperazine rings is 1. The SMILES string of the molecule is O=C(CCN1CCN(c2ccccc2)CC1)Nc1cc(Cl)c(Cl)c(Cl)c1. The number of benzene rings is 2. The van der Waals surface area contributed by atoms with Crippen LogP contribution in [0.5, 0.6) is 0 Å². The van der Waals surface area contributed by atoms with Gasteiger partial charge in [-0.1, -0.05) is 53.0 Å². The topological polar surface area (TPSA) is 35.6 Å². The summed E-state index contributed by atoms with van der Waals surface area (Å²) in [5.74, 6) is -0.0649. The van der Waals surface area contributed by atoms with Crippen LogP contribution >= 0.6 is 34.8 Å². The predicted molar refractivity (Wildman–Crippen MR) is 110 cm³/mol. The highest BCUT2D eigenvalue weighted by molar-refractivity contribution is 6.48. The van der Waals surface area contributed by atoms with Crippen molar-refractivity contribution in [2.75, 3.05) is 42.9 Å². The number of carbonyl (C=O) groups is 1. The number of hydrogen-bond donors (Lipinski definition) is 1. The lowest BCUT2D eigenvalue weighted by atomic mass is 10.2. The van der Waals surface area contributed by atoms with Gasteiger partial charge in [0.25, 0.3) is 0 Å². The Morgan fingerprint density at radius 1 is 0.962 bits per heavy atom. The lowest BCUT2D eigenvalue weighted by Crippen LogP contribution is -2.47. The molecule has 1 aliphatic heterocycles. The molecule has 3 rings (SSSR count). The molecule has 0 bridgehead atoms. The lowest BCUT2D eigenvalue weighted by molar-refractivity contribution is -0.116. The highest BCUT2D eigenvalue weighted by Crippen LogP contribution is 2.33. The van der Waals surface area contributed by atoms with E-state index in [-0.39, 0.29) is 5.91 Å². The van der Waals surface area contributed by atoms with Gasteiger partial charge in [-0.05, 0) is 24.3 Å². The smallest absolute Gasteiger partial charge is 0.225 e. The fourth-order valence-corrected chi connectivity index (χ4v) is 3.58. The van der Waals surface area contributed by atoms with E-state index < -0.39 is 0 Å². The molecule has 1 amide bonds. The van der Waals surface area contributed by atoms with E-state index in [2.05, 4.69) is 39.4 Å². The Kier molecular flexibility index (Phi) is 6.65. The summed E-state index contributed by atoms with van der Waals surface area (Å²) in [5.41, 5.74) is 1.81. The molecule has 1 saturated heterocycles. The Bertz CT molecular complexity index is 739. The van der Waals surface area contributed by atoms with E-state index in [4.69, 9.17) is 34.8 Å². The van der Waals surface area contributed by atoms with E-state index in [0.717, 1.165) is 32.7 Å². The van der Waals surface area contributed by atoms with Crippen molar-refractivity contribution in [1.29, 1.82) is 0 Å². The van der Waals surface area contributed by atoms with Crippen LogP contribution in [-0.2, 0) is 4.79 Å². The molecule has 0 atom stereocenters. The van der Waals surface area contributed by atoms with Crippen LogP contribution in [0.4, 0.5) is 11.4 Å². The first-order valence-corrected chi connectivity index (χ1v) is 9.63. The van der Waals surface area contributed by atoms with Crippen molar-refractivity contribution in [3.05, 3.63) is 57.5 Å². The van der Waals surface area contributed by atoms with E-state index in [0.29, 0.717) is 27.2 Å². The number of halogens is 3. The highest BCUT2D eigenvalue weighted by atomic mass is 35.5. The van der Waals surface area contributed by atoms with Crippen LogP contribution < -0.4 is 10.2 Å². The average molecular weight is 413 g/mol. The van der Waals surface area contributed by atoms with Gasteiger partial charge in [-0.15, -0.1) is 0 Å². The Morgan fingerprint density at radius 2 is 1.58 bits per heavy atom. The molecule has 26 heavy (non-hydrogen) atoms. The largest absolute Gasteiger partial charge is 0.369 e. The minimum atomic E-state index is -0.0649. The van der Waals surface area contributed by atoms with Crippen LogP contribution in [0.25, 0.3) is 0 Å². The van der Waals surface area contributed by atoms with Gasteiger partial charge in [0.1, 0.15) is 0 Å². The summed E-state index contributed by atoms with van der Waals surface area (Å²) < 4.78 is 0. The van der Waals surface area contributed by atoms with Gasteiger partial charge >= 0.3 is 0 Å². The van der Waals surface area contributed by atoms with E-state index >= 15 is 0 Å². The molecular formula is C19H20Cl3N3O. The number of hydrogen-bond acceptors (Lipinski definition) is 3. The molecule has 138 valence electrons. The van der Waals surface area contributed by atoms with Crippen molar-refractivity contribution >= 4 is 52.1 Å². The van der Waals surface area contributed by atoms with Crippen LogP contribution in [-0.4, -0.2) is 43.5 Å². The number of amides is 1. The minimum absolute atomic E-state index is 0.0649. The number of carbonyl (C=O) groups excluding carboxylic acids is 1. The van der Waals surface area contributed by atoms with Crippen LogP contribution in [0.15, 0.2) is 42.5 Å². The van der Waals surface area contributed by atoms with Gasteiger partial charge in [0.05, 0.1) is 15.1 Å². The average Bonchev–Trinajstić information content (AvgIpc) is 2.65. The zero-order chi connectivity index (χ0) is 18.5. The van der Waals surface area contributed by atoms with Crippen molar-refractivity contribution in [2.24, 2.45) is 0 Å². The zero-order valence-corrected chi connectivity index (χ0v) is 16.5. The third-order valence-electron chi connectivity index (χ3n) is 4.42. The standard InChI is InChI=1S/C19H20Cl3N3O/c20-16-12-14(13-17(21)19(16)22)23-18(26)6-7-24-8-10-25(11-9-24)15-4-2-1-3-5-15/h1-5,12-13H,6-11H2,(H,23,26). The maximum Gasteiger partial charge on any atom is 0.225 e. The number of nitrogens with zero attached hydrogens (tertiary/aromatic N) is 2. The van der Waals surface area contributed by atoms with Crippen LogP contribution in [0.1, 0.15) is 6.42 Å². The summed E-state index contributed by atoms with van der Waals surface area (Å²) in [6.45, 7) is 4.55. The van der Waals surface area contributed by atoms with E-state index in [1.54, 1.807) is 12.1 Å². The Labute approximate surface area is 168 Å². The number of rotatable bonds is 5. The molecule has 1 fully saturated rings. The summed E-state index contributed by atoms with van der Waals surface area (Å²) in [6, 6.07) is 13.6. The van der Waals surface area contributed by atoms with Crippen LogP contribution in [0.3, 0.4) is 0 Å². The van der Waals surface area contributed by atoms with Gasteiger partial charge in [0, 0.05) is 50.5 Å². The summed E-state index contributed by atoms with van der Waals surface area (Å²) >= 11 is 17.9. The van der Waals surface area contributed by atoms with Crippen molar-refractivity contribution in [3.8, 4) is 0 Å². The molecule has 0 aliphatic carbocycles. The molecule has 0 radical (unpaired) electrons. The Morgan fingerprint density at radius 3 is 2.19 bits per heavy atom. The van der Waals surface area contributed by atoms with Gasteiger partial charge in [-0.2, -0.15) is 0 Å². The fraction of sp³-hybridized carbons (Fsp3) is 0.316. The lowest BCUT2D eigenvalue weighted by Gasteiger charge is -2.36. The van der Waals surface area contributed by atoms with Crippen molar-refractivity contribution in [1.82, 2.24) is 4.90 Å². The first-order valence-electron chi connectivity index (χ1n) is 8.49. The van der Waals surface area contributed by atoms with Crippen molar-refractivity contribution < 1.29 is 4.79 Å². The molecule has 0 spiro atoms. The first-order chi connectivity index (χ1) is 12.5. The summed E-state index contributed by atoms with van der Waals surface area (Å²) in [7, 11) is 0. The summed E-state index contributed by atoms with van der Waals surface area (Å²) in [4.78, 5) is 16.9. The van der Waals surface area contributed by atoms with Gasteiger partial charge in [-0.25, -0.2) is 0 Å².